The van der Waals surface area contributed by atoms with E-state index in [2.05, 4.69) is 10.1 Å². The maximum atomic E-state index is 12.3. The lowest BCUT2D eigenvalue weighted by Crippen LogP contribution is -2.32. The van der Waals surface area contributed by atoms with Crippen LogP contribution < -0.4 is 10.1 Å². The summed E-state index contributed by atoms with van der Waals surface area (Å²) in [6, 6.07) is 2.98. The van der Waals surface area contributed by atoms with Gasteiger partial charge in [-0.25, -0.2) is 0 Å². The molecule has 0 spiro atoms. The van der Waals surface area contributed by atoms with Crippen LogP contribution >= 0.6 is 0 Å². The summed E-state index contributed by atoms with van der Waals surface area (Å²) in [5.41, 5.74) is 1.29. The summed E-state index contributed by atoms with van der Waals surface area (Å²) in [6.07, 6.45) is 0.858. The van der Waals surface area contributed by atoms with Gasteiger partial charge in [-0.1, -0.05) is 13.3 Å². The number of ether oxygens (including phenoxy) is 1. The molecule has 0 fully saturated rings. The van der Waals surface area contributed by atoms with Crippen molar-refractivity contribution in [3.8, 4) is 5.75 Å². The first kappa shape index (κ1) is 17.4. The zero-order chi connectivity index (χ0) is 16.0. The lowest BCUT2D eigenvalue weighted by atomic mass is 10.0. The van der Waals surface area contributed by atoms with Crippen molar-refractivity contribution in [3.05, 3.63) is 28.8 Å². The van der Waals surface area contributed by atoms with Gasteiger partial charge in [-0.15, -0.1) is 0 Å². The third-order valence-electron chi connectivity index (χ3n) is 3.05. The molecular weight excluding hydrogens is 280 g/mol. The van der Waals surface area contributed by atoms with E-state index in [-0.39, 0.29) is 18.2 Å². The van der Waals surface area contributed by atoms with E-state index in [0.717, 1.165) is 6.42 Å². The Bertz CT molecular complexity index is 469. The summed E-state index contributed by atoms with van der Waals surface area (Å²) >= 11 is 0. The summed E-state index contributed by atoms with van der Waals surface area (Å²) in [4.78, 5) is 12.0. The van der Waals surface area contributed by atoms with E-state index in [1.54, 1.807) is 13.8 Å². The van der Waals surface area contributed by atoms with Crippen LogP contribution in [-0.2, 0) is 0 Å². The first-order valence-electron chi connectivity index (χ1n) is 6.87. The molecule has 6 heteroatoms. The molecule has 0 heterocycles. The van der Waals surface area contributed by atoms with E-state index >= 15 is 0 Å². The van der Waals surface area contributed by atoms with Crippen molar-refractivity contribution < 1.29 is 23.4 Å². The van der Waals surface area contributed by atoms with Gasteiger partial charge in [0, 0.05) is 12.1 Å². The molecule has 1 rings (SSSR count). The van der Waals surface area contributed by atoms with Crippen LogP contribution in [0.3, 0.4) is 0 Å². The van der Waals surface area contributed by atoms with E-state index in [9.17, 15) is 18.7 Å². The molecule has 0 aliphatic carbocycles. The van der Waals surface area contributed by atoms with Crippen LogP contribution in [0.25, 0.3) is 0 Å². The van der Waals surface area contributed by atoms with Gasteiger partial charge in [-0.2, -0.15) is 8.78 Å². The molecule has 0 saturated carbocycles. The van der Waals surface area contributed by atoms with E-state index in [4.69, 9.17) is 0 Å². The van der Waals surface area contributed by atoms with Gasteiger partial charge < -0.3 is 15.2 Å². The molecule has 0 saturated heterocycles. The lowest BCUT2D eigenvalue weighted by Gasteiger charge is -2.14. The first-order chi connectivity index (χ1) is 9.85. The molecule has 118 valence electrons. The highest BCUT2D eigenvalue weighted by Gasteiger charge is 2.15. The van der Waals surface area contributed by atoms with Gasteiger partial charge in [0.05, 0.1) is 6.10 Å². The van der Waals surface area contributed by atoms with E-state index in [0.29, 0.717) is 23.1 Å². The quantitative estimate of drug-likeness (QED) is 0.814. The van der Waals surface area contributed by atoms with Gasteiger partial charge in [-0.05, 0) is 43.5 Å². The molecule has 1 aromatic rings. The topological polar surface area (TPSA) is 58.6 Å². The van der Waals surface area contributed by atoms with Crippen LogP contribution in [0.4, 0.5) is 8.78 Å². The van der Waals surface area contributed by atoms with Crippen LogP contribution in [0.5, 0.6) is 5.75 Å². The van der Waals surface area contributed by atoms with Crippen molar-refractivity contribution in [2.75, 3.05) is 6.54 Å². The summed E-state index contributed by atoms with van der Waals surface area (Å²) < 4.78 is 29.0. The van der Waals surface area contributed by atoms with Gasteiger partial charge in [0.1, 0.15) is 5.75 Å². The average Bonchev–Trinajstić information content (AvgIpc) is 2.40. The molecule has 2 N–H and O–H groups in total. The lowest BCUT2D eigenvalue weighted by molar-refractivity contribution is -0.0507. The standard InChI is InChI=1S/C15H21F2NO3/c1-4-5-12(19)8-18-14(20)11-6-9(2)13(10(3)7-11)21-15(16)17/h6-7,12,15,19H,4-5,8H2,1-3H3,(H,18,20). The molecule has 1 aromatic carbocycles. The summed E-state index contributed by atoms with van der Waals surface area (Å²) in [5.74, 6) is -0.257. The van der Waals surface area contributed by atoms with Gasteiger partial charge in [0.2, 0.25) is 0 Å². The molecule has 0 aromatic heterocycles. The number of alkyl halides is 2. The van der Waals surface area contributed by atoms with Crippen LogP contribution in [-0.4, -0.2) is 30.3 Å². The molecule has 1 amide bonds. The van der Waals surface area contributed by atoms with Crippen LogP contribution in [0, 0.1) is 13.8 Å². The van der Waals surface area contributed by atoms with Crippen molar-refractivity contribution in [1.82, 2.24) is 5.32 Å². The van der Waals surface area contributed by atoms with Gasteiger partial charge >= 0.3 is 6.61 Å². The minimum Gasteiger partial charge on any atom is -0.434 e. The van der Waals surface area contributed by atoms with Crippen LogP contribution in [0.2, 0.25) is 0 Å². The number of aliphatic hydroxyl groups is 1. The number of hydrogen-bond acceptors (Lipinski definition) is 3. The number of halogens is 2. The largest absolute Gasteiger partial charge is 0.434 e. The summed E-state index contributed by atoms with van der Waals surface area (Å²) in [6.45, 7) is 2.42. The van der Waals surface area contributed by atoms with Crippen molar-refractivity contribution in [1.29, 1.82) is 0 Å². The van der Waals surface area contributed by atoms with Crippen molar-refractivity contribution in [2.45, 2.75) is 46.3 Å². The third kappa shape index (κ3) is 5.30. The number of amides is 1. The Balaban J connectivity index is 2.78. The minimum atomic E-state index is -2.90. The number of nitrogens with one attached hydrogen (secondary N) is 1. The number of hydrogen-bond donors (Lipinski definition) is 2. The fraction of sp³-hybridized carbons (Fsp3) is 0.533. The highest BCUT2D eigenvalue weighted by Crippen LogP contribution is 2.26. The Morgan fingerprint density at radius 3 is 2.38 bits per heavy atom. The van der Waals surface area contributed by atoms with Gasteiger partial charge in [-0.3, -0.25) is 4.79 Å². The highest BCUT2D eigenvalue weighted by molar-refractivity contribution is 5.94. The van der Waals surface area contributed by atoms with Gasteiger partial charge in [0.15, 0.2) is 0 Å². The molecule has 0 aliphatic heterocycles. The number of carbonyl (C=O) groups is 1. The second-order valence-electron chi connectivity index (χ2n) is 4.97. The first-order valence-corrected chi connectivity index (χ1v) is 6.87. The van der Waals surface area contributed by atoms with Crippen LogP contribution in [0.1, 0.15) is 41.3 Å². The van der Waals surface area contributed by atoms with E-state index in [1.807, 2.05) is 6.92 Å². The fourth-order valence-corrected chi connectivity index (χ4v) is 2.10. The minimum absolute atomic E-state index is 0.0903. The molecule has 4 nitrogen and oxygen atoms in total. The number of carbonyl (C=O) groups excluding carboxylic acids is 1. The molecule has 0 radical (unpaired) electrons. The predicted molar refractivity (Wildman–Crippen MR) is 75.8 cm³/mol. The molecule has 1 atom stereocenters. The zero-order valence-corrected chi connectivity index (χ0v) is 12.5. The van der Waals surface area contributed by atoms with E-state index < -0.39 is 12.7 Å². The summed E-state index contributed by atoms with van der Waals surface area (Å²) in [7, 11) is 0. The fourth-order valence-electron chi connectivity index (χ4n) is 2.10. The molecule has 21 heavy (non-hydrogen) atoms. The normalized spacial score (nSPS) is 12.3. The Morgan fingerprint density at radius 2 is 1.90 bits per heavy atom. The van der Waals surface area contributed by atoms with Crippen molar-refractivity contribution in [2.24, 2.45) is 0 Å². The van der Waals surface area contributed by atoms with Crippen molar-refractivity contribution >= 4 is 5.91 Å². The highest BCUT2D eigenvalue weighted by atomic mass is 19.3. The molecule has 1 unspecified atom stereocenters. The smallest absolute Gasteiger partial charge is 0.387 e. The van der Waals surface area contributed by atoms with E-state index in [1.165, 1.54) is 12.1 Å². The zero-order valence-electron chi connectivity index (χ0n) is 12.5. The maximum Gasteiger partial charge on any atom is 0.387 e. The van der Waals surface area contributed by atoms with Gasteiger partial charge in [0.25, 0.3) is 5.91 Å². The number of aliphatic hydroxyl groups excluding tert-OH is 1. The predicted octanol–water partition coefficient (Wildman–Crippen LogP) is 2.80. The molecule has 0 aliphatic rings. The number of rotatable bonds is 7. The third-order valence-corrected chi connectivity index (χ3v) is 3.05. The second-order valence-corrected chi connectivity index (χ2v) is 4.97. The Hall–Kier alpha value is -1.69. The second kappa shape index (κ2) is 7.93. The number of benzene rings is 1. The Morgan fingerprint density at radius 1 is 1.33 bits per heavy atom. The van der Waals surface area contributed by atoms with Crippen molar-refractivity contribution in [3.63, 3.8) is 0 Å². The SMILES string of the molecule is CCCC(O)CNC(=O)c1cc(C)c(OC(F)F)c(C)c1. The monoisotopic (exact) mass is 301 g/mol. The number of aryl methyl sites for hydroxylation is 2. The summed E-state index contributed by atoms with van der Waals surface area (Å²) in [5, 5.41) is 12.2. The molecule has 0 bridgehead atoms. The average molecular weight is 301 g/mol. The maximum absolute atomic E-state index is 12.3. The Kier molecular flexibility index (Phi) is 6.55. The molecular formula is C15H21F2NO3. The Labute approximate surface area is 123 Å². The van der Waals surface area contributed by atoms with Crippen LogP contribution in [0.15, 0.2) is 12.1 Å².